The van der Waals surface area contributed by atoms with Crippen molar-refractivity contribution < 1.29 is 9.53 Å². The topological polar surface area (TPSA) is 42.4 Å². The molecule has 0 bridgehead atoms. The van der Waals surface area contributed by atoms with Crippen molar-refractivity contribution in [3.05, 3.63) is 36.0 Å². The third kappa shape index (κ3) is 2.33. The molecule has 0 atom stereocenters. The average molecular weight is 252 g/mol. The van der Waals surface area contributed by atoms with Gasteiger partial charge in [-0.2, -0.15) is 0 Å². The fourth-order valence-electron chi connectivity index (χ4n) is 2.22. The number of aromatic nitrogens is 1. The lowest BCUT2D eigenvalue weighted by atomic mass is 9.93. The first kappa shape index (κ1) is 12.2. The molecule has 0 N–H and O–H groups in total. The molecule has 0 unspecified atom stereocenters. The van der Waals surface area contributed by atoms with E-state index in [0.717, 1.165) is 5.39 Å². The molecule has 2 heterocycles. The normalized spacial score (nSPS) is 15.7. The molecule has 5 heteroatoms. The van der Waals surface area contributed by atoms with Gasteiger partial charge in [-0.3, -0.25) is 4.79 Å². The van der Waals surface area contributed by atoms with Gasteiger partial charge < -0.3 is 9.64 Å². The van der Waals surface area contributed by atoms with Gasteiger partial charge >= 0.3 is 0 Å². The predicted octanol–water partition coefficient (Wildman–Crippen LogP) is 0.501. The van der Waals surface area contributed by atoms with Crippen molar-refractivity contribution >= 4 is 30.1 Å². The summed E-state index contributed by atoms with van der Waals surface area (Å²) in [5.74, 6) is -0.0616. The Morgan fingerprint density at radius 1 is 1.21 bits per heavy atom. The van der Waals surface area contributed by atoms with Crippen LogP contribution in [0, 0.1) is 0 Å². The molecule has 19 heavy (non-hydrogen) atoms. The van der Waals surface area contributed by atoms with Crippen LogP contribution < -0.4 is 5.46 Å². The van der Waals surface area contributed by atoms with Gasteiger partial charge in [0.15, 0.2) is 0 Å². The van der Waals surface area contributed by atoms with Crippen LogP contribution in [0.1, 0.15) is 10.5 Å². The SMILES string of the molecule is [B]c1cccc2ccc(C(=O)N3CCOCC3)nc12. The highest BCUT2D eigenvalue weighted by Gasteiger charge is 2.19. The summed E-state index contributed by atoms with van der Waals surface area (Å²) < 4.78 is 5.24. The molecule has 1 aromatic heterocycles. The van der Waals surface area contributed by atoms with Gasteiger partial charge in [-0.15, -0.1) is 0 Å². The molecule has 2 radical (unpaired) electrons. The second kappa shape index (κ2) is 5.01. The Labute approximate surface area is 112 Å². The van der Waals surface area contributed by atoms with Crippen LogP contribution in [-0.4, -0.2) is 49.9 Å². The van der Waals surface area contributed by atoms with Crippen molar-refractivity contribution in [1.29, 1.82) is 0 Å². The highest BCUT2D eigenvalue weighted by Crippen LogP contribution is 2.12. The number of fused-ring (bicyclic) bond motifs is 1. The summed E-state index contributed by atoms with van der Waals surface area (Å²) in [6, 6.07) is 9.23. The van der Waals surface area contributed by atoms with Gasteiger partial charge in [-0.25, -0.2) is 4.98 Å². The Hall–Kier alpha value is -1.88. The van der Waals surface area contributed by atoms with Gasteiger partial charge in [0, 0.05) is 13.1 Å². The summed E-state index contributed by atoms with van der Waals surface area (Å²) in [5, 5.41) is 0.943. The van der Waals surface area contributed by atoms with E-state index in [-0.39, 0.29) is 5.91 Å². The zero-order valence-corrected chi connectivity index (χ0v) is 10.5. The van der Waals surface area contributed by atoms with E-state index in [1.807, 2.05) is 18.2 Å². The summed E-state index contributed by atoms with van der Waals surface area (Å²) in [6.45, 7) is 2.40. The van der Waals surface area contributed by atoms with Crippen LogP contribution in [-0.2, 0) is 4.74 Å². The summed E-state index contributed by atoms with van der Waals surface area (Å²) in [6.07, 6.45) is 0. The van der Waals surface area contributed by atoms with Gasteiger partial charge in [0.05, 0.1) is 18.7 Å². The van der Waals surface area contributed by atoms with E-state index in [2.05, 4.69) is 4.98 Å². The van der Waals surface area contributed by atoms with E-state index in [1.54, 1.807) is 17.0 Å². The van der Waals surface area contributed by atoms with Crippen LogP contribution in [0.3, 0.4) is 0 Å². The number of para-hydroxylation sites is 1. The number of benzene rings is 1. The zero-order chi connectivity index (χ0) is 13.2. The lowest BCUT2D eigenvalue weighted by molar-refractivity contribution is 0.0299. The summed E-state index contributed by atoms with van der Waals surface area (Å²) >= 11 is 0. The molecule has 0 spiro atoms. The second-order valence-electron chi connectivity index (χ2n) is 4.52. The highest BCUT2D eigenvalue weighted by molar-refractivity contribution is 6.38. The maximum Gasteiger partial charge on any atom is 0.272 e. The largest absolute Gasteiger partial charge is 0.378 e. The minimum Gasteiger partial charge on any atom is -0.378 e. The first-order chi connectivity index (χ1) is 9.25. The van der Waals surface area contributed by atoms with Crippen LogP contribution in [0.15, 0.2) is 30.3 Å². The molecule has 1 aromatic carbocycles. The van der Waals surface area contributed by atoms with Gasteiger partial charge in [-0.1, -0.05) is 29.7 Å². The first-order valence-electron chi connectivity index (χ1n) is 6.28. The number of morpholine rings is 1. The monoisotopic (exact) mass is 252 g/mol. The molecule has 94 valence electrons. The molecular weight excluding hydrogens is 239 g/mol. The zero-order valence-electron chi connectivity index (χ0n) is 10.5. The summed E-state index contributed by atoms with van der Waals surface area (Å²) in [4.78, 5) is 18.5. The maximum absolute atomic E-state index is 12.3. The third-order valence-corrected chi connectivity index (χ3v) is 3.27. The molecule has 2 aromatic rings. The van der Waals surface area contributed by atoms with Crippen molar-refractivity contribution in [2.24, 2.45) is 0 Å². The van der Waals surface area contributed by atoms with Gasteiger partial charge in [0.1, 0.15) is 13.5 Å². The Balaban J connectivity index is 1.96. The maximum atomic E-state index is 12.3. The Morgan fingerprint density at radius 3 is 2.79 bits per heavy atom. The van der Waals surface area contributed by atoms with E-state index in [1.165, 1.54) is 0 Å². The average Bonchev–Trinajstić information content (AvgIpc) is 2.47. The van der Waals surface area contributed by atoms with Crippen molar-refractivity contribution in [2.45, 2.75) is 0 Å². The number of hydrogen-bond donors (Lipinski definition) is 0. The Bertz CT molecular complexity index is 624. The molecule has 1 saturated heterocycles. The number of rotatable bonds is 1. The number of hydrogen-bond acceptors (Lipinski definition) is 3. The summed E-state index contributed by atoms with van der Waals surface area (Å²) in [7, 11) is 5.90. The van der Waals surface area contributed by atoms with Crippen LogP contribution in [0.2, 0.25) is 0 Å². The molecular formula is C14H13BN2O2. The Kier molecular flexibility index (Phi) is 3.21. The van der Waals surface area contributed by atoms with Gasteiger partial charge in [-0.05, 0) is 11.5 Å². The summed E-state index contributed by atoms with van der Waals surface area (Å²) in [5.41, 5.74) is 1.71. The van der Waals surface area contributed by atoms with E-state index >= 15 is 0 Å². The predicted molar refractivity (Wildman–Crippen MR) is 73.9 cm³/mol. The van der Waals surface area contributed by atoms with Crippen LogP contribution in [0.4, 0.5) is 0 Å². The van der Waals surface area contributed by atoms with Crippen molar-refractivity contribution in [3.63, 3.8) is 0 Å². The molecule has 0 saturated carbocycles. The number of carbonyl (C=O) groups excluding carboxylic acids is 1. The molecule has 1 fully saturated rings. The number of ether oxygens (including phenoxy) is 1. The van der Waals surface area contributed by atoms with Crippen LogP contribution in [0.5, 0.6) is 0 Å². The fraction of sp³-hybridized carbons (Fsp3) is 0.286. The van der Waals surface area contributed by atoms with E-state index in [4.69, 9.17) is 12.6 Å². The molecule has 1 aliphatic heterocycles. The van der Waals surface area contributed by atoms with E-state index in [0.29, 0.717) is 43.0 Å². The van der Waals surface area contributed by atoms with Gasteiger partial charge in [0.25, 0.3) is 5.91 Å². The van der Waals surface area contributed by atoms with Crippen LogP contribution in [0.25, 0.3) is 10.9 Å². The molecule has 1 aliphatic rings. The standard InChI is InChI=1S/C14H13BN2O2/c15-11-3-1-2-10-4-5-12(16-13(10)11)14(18)17-6-8-19-9-7-17/h1-5H,6-9H2. The molecule has 1 amide bonds. The second-order valence-corrected chi connectivity index (χ2v) is 4.52. The van der Waals surface area contributed by atoms with E-state index in [9.17, 15) is 4.79 Å². The lowest BCUT2D eigenvalue weighted by Gasteiger charge is -2.26. The van der Waals surface area contributed by atoms with E-state index < -0.39 is 0 Å². The molecule has 3 rings (SSSR count). The first-order valence-corrected chi connectivity index (χ1v) is 6.28. The smallest absolute Gasteiger partial charge is 0.272 e. The van der Waals surface area contributed by atoms with Gasteiger partial charge in [0.2, 0.25) is 0 Å². The van der Waals surface area contributed by atoms with Crippen molar-refractivity contribution in [1.82, 2.24) is 9.88 Å². The molecule has 4 nitrogen and oxygen atoms in total. The lowest BCUT2D eigenvalue weighted by Crippen LogP contribution is -2.41. The Morgan fingerprint density at radius 2 is 2.00 bits per heavy atom. The minimum absolute atomic E-state index is 0.0616. The minimum atomic E-state index is -0.0616. The number of amides is 1. The van der Waals surface area contributed by atoms with Crippen molar-refractivity contribution in [2.75, 3.05) is 26.3 Å². The quantitative estimate of drug-likeness (QED) is 0.694. The van der Waals surface area contributed by atoms with Crippen molar-refractivity contribution in [3.8, 4) is 0 Å². The highest BCUT2D eigenvalue weighted by atomic mass is 16.5. The fourth-order valence-corrected chi connectivity index (χ4v) is 2.22. The van der Waals surface area contributed by atoms with Crippen LogP contribution >= 0.6 is 0 Å². The number of pyridine rings is 1. The molecule has 0 aliphatic carbocycles. The third-order valence-electron chi connectivity index (χ3n) is 3.27. The number of carbonyl (C=O) groups is 1. The number of nitrogens with zero attached hydrogens (tertiary/aromatic N) is 2.